The Morgan fingerprint density at radius 1 is 1.17 bits per heavy atom. The van der Waals surface area contributed by atoms with Crippen molar-refractivity contribution in [3.63, 3.8) is 0 Å². The molecule has 96 valence electrons. The van der Waals surface area contributed by atoms with E-state index < -0.39 is 0 Å². The zero-order valence-electron chi connectivity index (χ0n) is 11.2. The zero-order chi connectivity index (χ0) is 12.7. The molecule has 2 aliphatic rings. The summed E-state index contributed by atoms with van der Waals surface area (Å²) < 4.78 is 0. The van der Waals surface area contributed by atoms with E-state index in [1.54, 1.807) is 0 Å². The quantitative estimate of drug-likeness (QED) is 0.781. The molecule has 0 radical (unpaired) electrons. The largest absolute Gasteiger partial charge is 0.336 e. The van der Waals surface area contributed by atoms with Crippen molar-refractivity contribution in [3.8, 4) is 0 Å². The number of hydrogen-bond acceptors (Lipinski definition) is 1. The third-order valence-corrected chi connectivity index (χ3v) is 4.50. The van der Waals surface area contributed by atoms with Crippen LogP contribution in [0, 0.1) is 5.92 Å². The molecule has 1 aromatic carbocycles. The molecule has 0 spiro atoms. The van der Waals surface area contributed by atoms with E-state index in [1.165, 1.54) is 5.56 Å². The molecule has 1 aliphatic heterocycles. The lowest BCUT2D eigenvalue weighted by Gasteiger charge is -2.28. The van der Waals surface area contributed by atoms with E-state index in [9.17, 15) is 4.79 Å². The lowest BCUT2D eigenvalue weighted by Crippen LogP contribution is -2.40. The fourth-order valence-electron chi connectivity index (χ4n) is 3.35. The van der Waals surface area contributed by atoms with Crippen LogP contribution in [0.3, 0.4) is 0 Å². The number of nitrogens with zero attached hydrogens (tertiary/aromatic N) is 1. The highest BCUT2D eigenvalue weighted by Crippen LogP contribution is 2.41. The molecule has 0 N–H and O–H groups in total. The Balaban J connectivity index is 1.81. The second-order valence-corrected chi connectivity index (χ2v) is 5.86. The van der Waals surface area contributed by atoms with Crippen LogP contribution in [-0.2, 0) is 4.79 Å². The molecule has 0 unspecified atom stereocenters. The smallest absolute Gasteiger partial charge is 0.226 e. The van der Waals surface area contributed by atoms with Gasteiger partial charge in [-0.15, -0.1) is 0 Å². The molecule has 2 heteroatoms. The Morgan fingerprint density at radius 2 is 1.83 bits per heavy atom. The van der Waals surface area contributed by atoms with Gasteiger partial charge in [0.05, 0.1) is 0 Å². The van der Waals surface area contributed by atoms with Gasteiger partial charge in [-0.25, -0.2) is 0 Å². The van der Waals surface area contributed by atoms with Crippen molar-refractivity contribution in [2.45, 2.75) is 51.1 Å². The van der Waals surface area contributed by atoms with Crippen LogP contribution in [0.5, 0.6) is 0 Å². The third-order valence-electron chi connectivity index (χ3n) is 4.50. The minimum Gasteiger partial charge on any atom is -0.336 e. The second kappa shape index (κ2) is 4.42. The second-order valence-electron chi connectivity index (χ2n) is 5.86. The van der Waals surface area contributed by atoms with E-state index in [2.05, 4.69) is 49.1 Å². The summed E-state index contributed by atoms with van der Waals surface area (Å²) in [5.41, 5.74) is 1.38. The van der Waals surface area contributed by atoms with Crippen molar-refractivity contribution in [3.05, 3.63) is 35.9 Å². The van der Waals surface area contributed by atoms with Gasteiger partial charge in [0.1, 0.15) is 0 Å². The Kier molecular flexibility index (Phi) is 2.89. The van der Waals surface area contributed by atoms with Gasteiger partial charge in [0.15, 0.2) is 0 Å². The lowest BCUT2D eigenvalue weighted by molar-refractivity contribution is -0.134. The van der Waals surface area contributed by atoms with Gasteiger partial charge in [0, 0.05) is 23.9 Å². The number of rotatable bonds is 2. The minimum atomic E-state index is 0.337. The first kappa shape index (κ1) is 11.8. The Hall–Kier alpha value is -1.31. The molecule has 1 saturated carbocycles. The van der Waals surface area contributed by atoms with Crippen molar-refractivity contribution >= 4 is 5.91 Å². The highest BCUT2D eigenvalue weighted by Gasteiger charge is 2.44. The molecule has 18 heavy (non-hydrogen) atoms. The summed E-state index contributed by atoms with van der Waals surface area (Å²) in [5.74, 6) is 1.24. The van der Waals surface area contributed by atoms with Crippen LogP contribution in [-0.4, -0.2) is 22.9 Å². The summed E-state index contributed by atoms with van der Waals surface area (Å²) >= 11 is 0. The Bertz CT molecular complexity index is 438. The van der Waals surface area contributed by atoms with Gasteiger partial charge in [-0.2, -0.15) is 0 Å². The topological polar surface area (TPSA) is 20.3 Å². The van der Waals surface area contributed by atoms with Crippen molar-refractivity contribution in [1.82, 2.24) is 4.90 Å². The van der Waals surface area contributed by atoms with Gasteiger partial charge in [0.2, 0.25) is 5.91 Å². The van der Waals surface area contributed by atoms with E-state index in [-0.39, 0.29) is 0 Å². The van der Waals surface area contributed by atoms with Crippen molar-refractivity contribution < 1.29 is 4.79 Å². The normalized spacial score (nSPS) is 31.7. The van der Waals surface area contributed by atoms with Crippen molar-refractivity contribution in [2.75, 3.05) is 0 Å². The van der Waals surface area contributed by atoms with Crippen LogP contribution in [0.15, 0.2) is 30.3 Å². The van der Waals surface area contributed by atoms with E-state index in [0.29, 0.717) is 29.8 Å². The van der Waals surface area contributed by atoms with E-state index in [4.69, 9.17) is 0 Å². The number of likely N-dealkylation sites (tertiary alicyclic amines) is 1. The van der Waals surface area contributed by atoms with E-state index in [0.717, 1.165) is 19.3 Å². The zero-order valence-corrected chi connectivity index (χ0v) is 11.2. The summed E-state index contributed by atoms with van der Waals surface area (Å²) in [6, 6.07) is 11.4. The van der Waals surface area contributed by atoms with Crippen LogP contribution < -0.4 is 0 Å². The third kappa shape index (κ3) is 1.94. The molecule has 1 aromatic rings. The fourth-order valence-corrected chi connectivity index (χ4v) is 3.35. The highest BCUT2D eigenvalue weighted by molar-refractivity contribution is 5.82. The first-order valence-corrected chi connectivity index (χ1v) is 7.05. The first-order chi connectivity index (χ1) is 8.68. The van der Waals surface area contributed by atoms with Gasteiger partial charge >= 0.3 is 0 Å². The molecule has 0 bridgehead atoms. The minimum absolute atomic E-state index is 0.337. The summed E-state index contributed by atoms with van der Waals surface area (Å²) in [4.78, 5) is 14.5. The summed E-state index contributed by atoms with van der Waals surface area (Å²) in [6.07, 6.45) is 3.30. The number of carbonyl (C=O) groups excluding carboxylic acids is 1. The van der Waals surface area contributed by atoms with Crippen LogP contribution >= 0.6 is 0 Å². The number of hydrogen-bond donors (Lipinski definition) is 0. The molecule has 3 atom stereocenters. The number of carbonyl (C=O) groups is 1. The van der Waals surface area contributed by atoms with Crippen LogP contribution in [0.4, 0.5) is 0 Å². The molecule has 2 fully saturated rings. The predicted octanol–water partition coefficient (Wildman–Crippen LogP) is 3.19. The Morgan fingerprint density at radius 3 is 2.44 bits per heavy atom. The van der Waals surface area contributed by atoms with Gasteiger partial charge in [-0.3, -0.25) is 4.79 Å². The molecular weight excluding hydrogens is 222 g/mol. The van der Waals surface area contributed by atoms with E-state index >= 15 is 0 Å². The maximum absolute atomic E-state index is 12.3. The van der Waals surface area contributed by atoms with Crippen LogP contribution in [0.1, 0.15) is 44.6 Å². The summed E-state index contributed by atoms with van der Waals surface area (Å²) in [5, 5.41) is 0. The molecule has 2 nitrogen and oxygen atoms in total. The molecule has 1 amide bonds. The molecule has 1 saturated heterocycles. The maximum atomic E-state index is 12.3. The average Bonchev–Trinajstić information content (AvgIpc) is 3.17. The summed E-state index contributed by atoms with van der Waals surface area (Å²) in [6.45, 7) is 4.40. The standard InChI is InChI=1S/C16H21NO/c1-11-10-15(13-6-4-3-5-7-13)12(2)17(11)16(18)14-8-9-14/h3-7,11-12,14-15H,8-10H2,1-2H3/t11-,12+,15+/m1/s1. The van der Waals surface area contributed by atoms with Crippen molar-refractivity contribution in [1.29, 1.82) is 0 Å². The lowest BCUT2D eigenvalue weighted by atomic mass is 9.92. The first-order valence-electron chi connectivity index (χ1n) is 7.05. The molecule has 1 heterocycles. The van der Waals surface area contributed by atoms with Gasteiger partial charge < -0.3 is 4.90 Å². The van der Waals surface area contributed by atoms with Crippen LogP contribution in [0.25, 0.3) is 0 Å². The summed E-state index contributed by atoms with van der Waals surface area (Å²) in [7, 11) is 0. The average molecular weight is 243 g/mol. The Labute approximate surface area is 109 Å². The maximum Gasteiger partial charge on any atom is 0.226 e. The molecule has 1 aliphatic carbocycles. The van der Waals surface area contributed by atoms with Crippen LogP contribution in [0.2, 0.25) is 0 Å². The van der Waals surface area contributed by atoms with E-state index in [1.807, 2.05) is 0 Å². The highest BCUT2D eigenvalue weighted by atomic mass is 16.2. The number of benzene rings is 1. The monoisotopic (exact) mass is 243 g/mol. The number of amides is 1. The molecular formula is C16H21NO. The van der Waals surface area contributed by atoms with Gasteiger partial charge in [-0.05, 0) is 38.7 Å². The SMILES string of the molecule is C[C@@H]1C[C@H](c2ccccc2)[C@H](C)N1C(=O)C1CC1. The predicted molar refractivity (Wildman–Crippen MR) is 72.3 cm³/mol. The molecule has 0 aromatic heterocycles. The fraction of sp³-hybridized carbons (Fsp3) is 0.562. The van der Waals surface area contributed by atoms with Gasteiger partial charge in [0.25, 0.3) is 0 Å². The van der Waals surface area contributed by atoms with Gasteiger partial charge in [-0.1, -0.05) is 30.3 Å². The molecule has 3 rings (SSSR count). The van der Waals surface area contributed by atoms with Crippen molar-refractivity contribution in [2.24, 2.45) is 5.92 Å².